The van der Waals surface area contributed by atoms with Crippen LogP contribution < -0.4 is 0 Å². The van der Waals surface area contributed by atoms with Gasteiger partial charge in [0, 0.05) is 39.0 Å². The van der Waals surface area contributed by atoms with Crippen LogP contribution in [-0.4, -0.2) is 19.7 Å². The third-order valence-corrected chi connectivity index (χ3v) is 7.28. The highest BCUT2D eigenvalue weighted by atomic mass is 35.5. The Morgan fingerprint density at radius 1 is 1.00 bits per heavy atom. The lowest BCUT2D eigenvalue weighted by Crippen LogP contribution is -2.03. The lowest BCUT2D eigenvalue weighted by molar-refractivity contribution is 0.687. The standard InChI is InChI=1S/C23H20Cl2N4S/c1-2-29-22(27-28-23(29)30-13-16-17(24)9-6-10-18(16)25)21-14-7-3-4-11-19(14)26-20-12-5-8-15(20)21/h3-4,6-7,9-11H,2,5,8,12-13H2,1H3. The van der Waals surface area contributed by atoms with E-state index in [0.29, 0.717) is 15.8 Å². The van der Waals surface area contributed by atoms with Crippen LogP contribution in [0.3, 0.4) is 0 Å². The van der Waals surface area contributed by atoms with Gasteiger partial charge in [-0.15, -0.1) is 10.2 Å². The maximum Gasteiger partial charge on any atom is 0.191 e. The van der Waals surface area contributed by atoms with E-state index in [4.69, 9.17) is 28.2 Å². The SMILES string of the molecule is CCn1c(SCc2c(Cl)cccc2Cl)nnc1-c1c2c(nc3ccccc13)CCC2. The molecule has 0 aliphatic heterocycles. The van der Waals surface area contributed by atoms with E-state index in [1.54, 1.807) is 11.8 Å². The smallest absolute Gasteiger partial charge is 0.191 e. The predicted molar refractivity (Wildman–Crippen MR) is 124 cm³/mol. The maximum absolute atomic E-state index is 6.35. The summed E-state index contributed by atoms with van der Waals surface area (Å²) in [4.78, 5) is 4.91. The number of fused-ring (bicyclic) bond motifs is 2. The van der Waals surface area contributed by atoms with Gasteiger partial charge in [0.2, 0.25) is 0 Å². The molecule has 2 aromatic carbocycles. The van der Waals surface area contributed by atoms with Crippen LogP contribution in [0.4, 0.5) is 0 Å². The molecule has 2 heterocycles. The minimum atomic E-state index is 0.645. The average Bonchev–Trinajstić information content (AvgIpc) is 3.38. The molecule has 152 valence electrons. The first-order valence-electron chi connectivity index (χ1n) is 10.1. The molecule has 4 aromatic rings. The van der Waals surface area contributed by atoms with Gasteiger partial charge in [-0.05, 0) is 55.5 Å². The molecule has 0 atom stereocenters. The summed E-state index contributed by atoms with van der Waals surface area (Å²) in [5, 5.41) is 12.5. The van der Waals surface area contributed by atoms with Crippen molar-refractivity contribution in [3.63, 3.8) is 0 Å². The molecule has 7 heteroatoms. The highest BCUT2D eigenvalue weighted by molar-refractivity contribution is 7.98. The molecular weight excluding hydrogens is 435 g/mol. The third-order valence-electron chi connectivity index (χ3n) is 5.58. The fourth-order valence-electron chi connectivity index (χ4n) is 4.14. The summed E-state index contributed by atoms with van der Waals surface area (Å²) < 4.78 is 2.19. The van der Waals surface area contributed by atoms with Crippen LogP contribution in [0.5, 0.6) is 0 Å². The first kappa shape index (κ1) is 19.9. The van der Waals surface area contributed by atoms with Gasteiger partial charge in [-0.2, -0.15) is 0 Å². The molecule has 4 nitrogen and oxygen atoms in total. The van der Waals surface area contributed by atoms with Gasteiger partial charge in [-0.3, -0.25) is 4.98 Å². The molecule has 0 bridgehead atoms. The number of hydrogen-bond acceptors (Lipinski definition) is 4. The molecule has 0 radical (unpaired) electrons. The van der Waals surface area contributed by atoms with Crippen LogP contribution in [0.15, 0.2) is 47.6 Å². The van der Waals surface area contributed by atoms with Crippen molar-refractivity contribution in [1.82, 2.24) is 19.7 Å². The molecule has 2 aromatic heterocycles. The summed E-state index contributed by atoms with van der Waals surface area (Å²) in [6, 6.07) is 13.9. The van der Waals surface area contributed by atoms with Crippen molar-refractivity contribution in [3.05, 3.63) is 69.3 Å². The summed E-state index contributed by atoms with van der Waals surface area (Å²) in [7, 11) is 0. The number of nitrogens with zero attached hydrogens (tertiary/aromatic N) is 4. The molecule has 0 amide bonds. The van der Waals surface area contributed by atoms with Crippen LogP contribution in [-0.2, 0) is 25.1 Å². The van der Waals surface area contributed by atoms with Crippen molar-refractivity contribution in [2.24, 2.45) is 0 Å². The summed E-state index contributed by atoms with van der Waals surface area (Å²) in [6.45, 7) is 2.91. The Balaban J connectivity index is 1.59. The van der Waals surface area contributed by atoms with E-state index in [0.717, 1.165) is 53.3 Å². The fraction of sp³-hybridized carbons (Fsp3) is 0.261. The highest BCUT2D eigenvalue weighted by Gasteiger charge is 2.25. The van der Waals surface area contributed by atoms with Crippen molar-refractivity contribution in [2.75, 3.05) is 0 Å². The summed E-state index contributed by atoms with van der Waals surface area (Å²) in [5.74, 6) is 1.56. The number of rotatable bonds is 5. The molecule has 30 heavy (non-hydrogen) atoms. The van der Waals surface area contributed by atoms with E-state index >= 15 is 0 Å². The number of pyridine rings is 1. The second-order valence-corrected chi connectivity index (χ2v) is 9.08. The first-order chi connectivity index (χ1) is 14.7. The molecule has 0 saturated carbocycles. The molecule has 5 rings (SSSR count). The predicted octanol–water partition coefficient (Wildman–Crippen LogP) is 6.60. The zero-order chi connectivity index (χ0) is 20.7. The molecule has 1 aliphatic rings. The van der Waals surface area contributed by atoms with E-state index in [-0.39, 0.29) is 0 Å². The second kappa shape index (κ2) is 8.22. The van der Waals surface area contributed by atoms with Gasteiger partial charge in [0.05, 0.1) is 5.52 Å². The van der Waals surface area contributed by atoms with Crippen LogP contribution in [0.25, 0.3) is 22.3 Å². The molecular formula is C23H20Cl2N4S. The number of thioether (sulfide) groups is 1. The van der Waals surface area contributed by atoms with Crippen molar-refractivity contribution in [2.45, 2.75) is 43.6 Å². The topological polar surface area (TPSA) is 43.6 Å². The van der Waals surface area contributed by atoms with Crippen LogP contribution in [0, 0.1) is 0 Å². The number of aryl methyl sites for hydroxylation is 1. The Morgan fingerprint density at radius 2 is 1.80 bits per heavy atom. The Bertz CT molecular complexity index is 1230. The molecule has 0 spiro atoms. The number of halogens is 2. The zero-order valence-electron chi connectivity index (χ0n) is 16.5. The van der Waals surface area contributed by atoms with Crippen molar-refractivity contribution in [3.8, 4) is 11.4 Å². The molecule has 0 saturated heterocycles. The van der Waals surface area contributed by atoms with E-state index < -0.39 is 0 Å². The summed E-state index contributed by atoms with van der Waals surface area (Å²) in [5.41, 5.74) is 5.65. The van der Waals surface area contributed by atoms with Crippen LogP contribution in [0.1, 0.15) is 30.2 Å². The Morgan fingerprint density at radius 3 is 2.60 bits per heavy atom. The molecule has 0 unspecified atom stereocenters. The van der Waals surface area contributed by atoms with E-state index in [9.17, 15) is 0 Å². The van der Waals surface area contributed by atoms with Gasteiger partial charge in [-0.25, -0.2) is 0 Å². The Hall–Kier alpha value is -2.08. The van der Waals surface area contributed by atoms with Gasteiger partial charge >= 0.3 is 0 Å². The monoisotopic (exact) mass is 454 g/mol. The van der Waals surface area contributed by atoms with Gasteiger partial charge < -0.3 is 4.57 Å². The van der Waals surface area contributed by atoms with Crippen LogP contribution >= 0.6 is 35.0 Å². The normalized spacial score (nSPS) is 13.2. The number of benzene rings is 2. The van der Waals surface area contributed by atoms with Crippen LogP contribution in [0.2, 0.25) is 10.0 Å². The maximum atomic E-state index is 6.35. The third kappa shape index (κ3) is 3.39. The van der Waals surface area contributed by atoms with Crippen molar-refractivity contribution in [1.29, 1.82) is 0 Å². The van der Waals surface area contributed by atoms with E-state index in [2.05, 4.69) is 39.9 Å². The lowest BCUT2D eigenvalue weighted by Gasteiger charge is -2.14. The quantitative estimate of drug-likeness (QED) is 0.318. The fourth-order valence-corrected chi connectivity index (χ4v) is 5.88. The largest absolute Gasteiger partial charge is 0.302 e. The van der Waals surface area contributed by atoms with Crippen molar-refractivity contribution >= 4 is 45.9 Å². The highest BCUT2D eigenvalue weighted by Crippen LogP contribution is 2.38. The van der Waals surface area contributed by atoms with Gasteiger partial charge in [-0.1, -0.05) is 59.2 Å². The molecule has 1 aliphatic carbocycles. The zero-order valence-corrected chi connectivity index (χ0v) is 18.9. The minimum absolute atomic E-state index is 0.645. The van der Waals surface area contributed by atoms with E-state index in [1.807, 2.05) is 24.3 Å². The number of para-hydroxylation sites is 1. The van der Waals surface area contributed by atoms with Gasteiger partial charge in [0.25, 0.3) is 0 Å². The molecule has 0 fully saturated rings. The molecule has 0 N–H and O–H groups in total. The number of aromatic nitrogens is 4. The average molecular weight is 455 g/mol. The van der Waals surface area contributed by atoms with Crippen molar-refractivity contribution < 1.29 is 0 Å². The second-order valence-electron chi connectivity index (χ2n) is 7.32. The van der Waals surface area contributed by atoms with Gasteiger partial charge in [0.1, 0.15) is 0 Å². The van der Waals surface area contributed by atoms with E-state index in [1.165, 1.54) is 16.8 Å². The summed E-state index contributed by atoms with van der Waals surface area (Å²) >= 11 is 14.3. The summed E-state index contributed by atoms with van der Waals surface area (Å²) in [6.07, 6.45) is 3.20. The minimum Gasteiger partial charge on any atom is -0.302 e. The Labute approximate surface area is 189 Å². The lowest BCUT2D eigenvalue weighted by atomic mass is 10.0. The van der Waals surface area contributed by atoms with Gasteiger partial charge in [0.15, 0.2) is 11.0 Å². The number of hydrogen-bond donors (Lipinski definition) is 0. The Kier molecular flexibility index (Phi) is 5.44. The first-order valence-corrected chi connectivity index (χ1v) is 11.8.